The van der Waals surface area contributed by atoms with Gasteiger partial charge in [0.25, 0.3) is 0 Å². The molecule has 14 atom stereocenters. The van der Waals surface area contributed by atoms with Crippen molar-refractivity contribution in [2.45, 2.75) is 252 Å². The number of fused-ring (bicyclic) bond motifs is 3. The van der Waals surface area contributed by atoms with Crippen LogP contribution in [0.1, 0.15) is 164 Å². The van der Waals surface area contributed by atoms with Gasteiger partial charge in [-0.3, -0.25) is 71.9 Å². The van der Waals surface area contributed by atoms with Crippen LogP contribution in [-0.2, 0) is 104 Å². The Labute approximate surface area is 786 Å². The van der Waals surface area contributed by atoms with Crippen molar-refractivity contribution in [1.29, 1.82) is 0 Å². The molecule has 0 unspecified atom stereocenters. The van der Waals surface area contributed by atoms with E-state index in [4.69, 9.17) is 17.2 Å². The van der Waals surface area contributed by atoms with Crippen LogP contribution in [-0.4, -0.2) is 253 Å². The molecule has 0 spiro atoms. The van der Waals surface area contributed by atoms with Gasteiger partial charge in [-0.1, -0.05) is 125 Å². The number of hydrogen-bond donors (Lipinski definition) is 22. The number of nitrogens with zero attached hydrogens (tertiary/aromatic N) is 2. The van der Waals surface area contributed by atoms with Crippen LogP contribution in [0, 0.1) is 0 Å². The number of phenolic OH excluding ortho intramolecular Hbond substituents is 1. The van der Waals surface area contributed by atoms with Crippen LogP contribution in [0.3, 0.4) is 0 Å². The summed E-state index contributed by atoms with van der Waals surface area (Å²) < 4.78 is 0. The van der Waals surface area contributed by atoms with Crippen LogP contribution >= 0.6 is 11.8 Å². The second-order valence-electron chi connectivity index (χ2n) is 34.5. The van der Waals surface area contributed by atoms with E-state index in [1.807, 2.05) is 98.4 Å². The summed E-state index contributed by atoms with van der Waals surface area (Å²) in [4.78, 5) is 237. The molecule has 3 aliphatic heterocycles. The molecule has 0 radical (unpaired) electrons. The van der Waals surface area contributed by atoms with Crippen molar-refractivity contribution in [3.8, 4) is 5.75 Å². The van der Waals surface area contributed by atoms with Gasteiger partial charge in [-0.2, -0.15) is 11.8 Å². The molecule has 40 nitrogen and oxygen atoms in total. The van der Waals surface area contributed by atoms with Gasteiger partial charge in [0.1, 0.15) is 66.2 Å². The number of nitrogens with one attached hydrogen (secondary N) is 18. The molecular formula is C94H129N23O17S. The molecule has 0 saturated carbocycles. The van der Waals surface area contributed by atoms with Crippen molar-refractivity contribution in [3.05, 3.63) is 156 Å². The minimum Gasteiger partial charge on any atom is -0.508 e. The van der Waals surface area contributed by atoms with E-state index in [1.54, 1.807) is 24.7 Å². The van der Waals surface area contributed by atoms with Crippen LogP contribution in [0.25, 0.3) is 21.8 Å². The lowest BCUT2D eigenvalue weighted by molar-refractivity contribution is -0.142. The summed E-state index contributed by atoms with van der Waals surface area (Å²) in [5.74, 6) is -10.2. The maximum atomic E-state index is 15.3. The molecule has 41 heteroatoms. The quantitative estimate of drug-likeness (QED) is 0.0184. The molecule has 25 N–H and O–H groups in total. The molecule has 728 valence electrons. The molecule has 135 heavy (non-hydrogen) atoms. The predicted octanol–water partition coefficient (Wildman–Crippen LogP) is 0.648. The number of carbonyl (C=O) groups excluding carboxylic acids is 16. The Balaban J connectivity index is 0.735. The highest BCUT2D eigenvalue weighted by Crippen LogP contribution is 2.34. The number of urea groups is 1. The first-order chi connectivity index (χ1) is 65.0. The normalized spacial score (nSPS) is 17.1. The van der Waals surface area contributed by atoms with Crippen molar-refractivity contribution in [3.63, 3.8) is 0 Å². The number of imidazole rings is 1. The van der Waals surface area contributed by atoms with Gasteiger partial charge in [-0.25, -0.2) is 9.78 Å². The first-order valence-electron chi connectivity index (χ1n) is 46.5. The number of phenols is 1. The minimum absolute atomic E-state index is 0.00256. The molecule has 6 heterocycles. The number of rotatable bonds is 56. The Morgan fingerprint density at radius 2 is 1.04 bits per heavy atom. The number of carbonyl (C=O) groups is 16. The summed E-state index contributed by atoms with van der Waals surface area (Å²) in [6.45, 7) is 3.83. The van der Waals surface area contributed by atoms with E-state index in [9.17, 15) is 72.2 Å². The number of amides is 17. The summed E-state index contributed by atoms with van der Waals surface area (Å²) in [7, 11) is 0. The average molecular weight is 1890 g/mol. The largest absolute Gasteiger partial charge is 0.508 e. The van der Waals surface area contributed by atoms with Gasteiger partial charge in [-0.05, 0) is 143 Å². The third-order valence-corrected chi connectivity index (χ3v) is 25.6. The smallest absolute Gasteiger partial charge is 0.315 e. The lowest BCUT2D eigenvalue weighted by atomic mass is 10.0. The molecule has 3 fully saturated rings. The first-order valence-corrected chi connectivity index (χ1v) is 47.5. The molecule has 17 amide bonds. The number of aromatic hydroxyl groups is 1. The second kappa shape index (κ2) is 52.9. The van der Waals surface area contributed by atoms with Gasteiger partial charge < -0.3 is 122 Å². The molecule has 3 aromatic heterocycles. The topological polar surface area (TPSA) is 615 Å². The fourth-order valence-corrected chi connectivity index (χ4v) is 18.2. The van der Waals surface area contributed by atoms with E-state index >= 15 is 9.59 Å². The lowest BCUT2D eigenvalue weighted by Crippen LogP contribution is -2.60. The van der Waals surface area contributed by atoms with Crippen LogP contribution in [0.2, 0.25) is 0 Å². The third kappa shape index (κ3) is 32.2. The number of unbranched alkanes of at least 4 members (excludes halogenated alkanes) is 5. The Bertz CT molecular complexity index is 5190. The second-order valence-corrected chi connectivity index (χ2v) is 35.8. The SMILES string of the molecule is CCCC[C@H](NC(=O)[C@H](C)NC(=O)[C@H](Cc1c[nH]c2ccccc12)NC(=O)[C@@H]1CCCN1C(=O)[C@H](Cc1c[nH]cn1)NC(=O)[C@H](Cc1c[nH]c2ccccc12)NC(=O)[C@@H](N)Cc1ccccc1)C(=O)N[C@@H](CCCC)C(=O)N[C@@H](Cc1ccc(O)cc1)C(=O)N[C@@H](CCCCN)C(=O)NCC(=O)NCC(=O)NCC(=O)N[C@@H](CCCCNC(=O)CCCC[C@@H]1SC[C@@H]2NC(=O)N[C@@H]21)C(N)=O. The van der Waals surface area contributed by atoms with Gasteiger partial charge in [0.2, 0.25) is 88.6 Å². The van der Waals surface area contributed by atoms with Gasteiger partial charge >= 0.3 is 6.03 Å². The van der Waals surface area contributed by atoms with E-state index in [-0.39, 0.29) is 107 Å². The van der Waals surface area contributed by atoms with Gasteiger partial charge in [0.15, 0.2) is 0 Å². The van der Waals surface area contributed by atoms with Crippen LogP contribution < -0.4 is 97.0 Å². The summed E-state index contributed by atoms with van der Waals surface area (Å²) in [5, 5.41) is 52.9. The summed E-state index contributed by atoms with van der Waals surface area (Å²) in [6.07, 6.45) is 13.1. The number of nitrogens with two attached hydrogens (primary N) is 3. The Morgan fingerprint density at radius 3 is 1.66 bits per heavy atom. The number of aromatic amines is 3. The van der Waals surface area contributed by atoms with E-state index < -0.39 is 169 Å². The molecule has 7 aromatic rings. The molecular weight excluding hydrogens is 1760 g/mol. The van der Waals surface area contributed by atoms with Crippen molar-refractivity contribution < 1.29 is 81.8 Å². The molecule has 10 rings (SSSR count). The van der Waals surface area contributed by atoms with Crippen LogP contribution in [0.5, 0.6) is 5.75 Å². The number of H-pyrrole nitrogens is 3. The van der Waals surface area contributed by atoms with E-state index in [2.05, 4.69) is 99.7 Å². The van der Waals surface area contributed by atoms with Gasteiger partial charge in [0, 0.05) is 96.6 Å². The predicted molar refractivity (Wildman–Crippen MR) is 505 cm³/mol. The highest BCUT2D eigenvalue weighted by Gasteiger charge is 2.44. The molecule has 4 aromatic carbocycles. The fourth-order valence-electron chi connectivity index (χ4n) is 16.6. The number of thioether (sulfide) groups is 1. The Kier molecular flexibility index (Phi) is 40.6. The molecule has 3 saturated heterocycles. The van der Waals surface area contributed by atoms with Crippen molar-refractivity contribution >= 4 is 128 Å². The van der Waals surface area contributed by atoms with Gasteiger partial charge in [0.05, 0.1) is 49.8 Å². The number of primary amides is 1. The van der Waals surface area contributed by atoms with Gasteiger partial charge in [-0.15, -0.1) is 0 Å². The first kappa shape index (κ1) is 104. The maximum Gasteiger partial charge on any atom is 0.315 e. The average Bonchev–Trinajstić information content (AvgIpc) is 1.69. The lowest BCUT2D eigenvalue weighted by Gasteiger charge is -2.31. The zero-order chi connectivity index (χ0) is 96.9. The number of aromatic nitrogens is 4. The highest BCUT2D eigenvalue weighted by atomic mass is 32.2. The number of likely N-dealkylation sites (tertiary alicyclic amines) is 1. The Morgan fingerprint density at radius 1 is 0.504 bits per heavy atom. The third-order valence-electron chi connectivity index (χ3n) is 24.1. The zero-order valence-corrected chi connectivity index (χ0v) is 77.3. The highest BCUT2D eigenvalue weighted by molar-refractivity contribution is 8.00. The van der Waals surface area contributed by atoms with Crippen molar-refractivity contribution in [2.75, 3.05) is 45.0 Å². The maximum absolute atomic E-state index is 15.3. The summed E-state index contributed by atoms with van der Waals surface area (Å²) in [5.41, 5.74) is 22.4. The van der Waals surface area contributed by atoms with E-state index in [0.29, 0.717) is 105 Å². The van der Waals surface area contributed by atoms with E-state index in [0.717, 1.165) is 46.0 Å². The van der Waals surface area contributed by atoms with Crippen LogP contribution in [0.15, 0.2) is 128 Å². The molecule has 0 bridgehead atoms. The number of para-hydroxylation sites is 2. The summed E-state index contributed by atoms with van der Waals surface area (Å²) >= 11 is 1.82. The monoisotopic (exact) mass is 1880 g/mol. The summed E-state index contributed by atoms with van der Waals surface area (Å²) in [6, 6.07) is 15.6. The molecule has 3 aliphatic rings. The molecule has 0 aliphatic carbocycles. The standard InChI is InChI=1S/C94H129N23O17S/c1-4-6-26-69(108-84(124)55(3)106-89(129)72(44-58-47-100-65-28-13-11-24-62(58)65)113-92(132)76-32-21-41-117(76)93(133)74(46-60-49-98-54-105-60)114-91(131)73(45-59-48-101-66-29-14-12-25-63(59)66)111-85(125)64(96)42-56-22-9-8-10-23-56)87(127)110-70(27-7-5-2)88(128)112-71(43-57-35-37-61(118)38-36-57)90(130)109-68(31-17-19-39-95)86(126)104-51-80(121)102-50-79(120)103-52-81(122)107-67(83(97)123)30-18-20-40-99-78(119)34-16-15-33-77-82-75(53-135-77)115-94(134)116-82/h8-14,22-25,28-29,35-38,47-49,54-55,64,67-77,82,100-101,118H,4-7,15-21,26-27,30-34,39-46,50-53,95-96H2,1-3H3,(H2,97,123)(H,98,105)(H,99,119)(H,102,121)(H,103,120)(H,104,126)(H,106,129)(H,107,122)(H,108,124)(H,109,130)(H,110,127)(H,111,125)(H,112,128)(H,113,132)(H,114,131)(H2,115,116,134)/t55-,64-,67-,68-,69-,70-,71-,72-,73-,74-,75-,76-,77-,82-/m0/s1. The van der Waals surface area contributed by atoms with Crippen molar-refractivity contribution in [2.24, 2.45) is 17.2 Å². The Hall–Kier alpha value is -13.4. The van der Waals surface area contributed by atoms with Crippen molar-refractivity contribution in [1.82, 2.24) is 105 Å². The number of benzene rings is 4. The van der Waals surface area contributed by atoms with E-state index in [1.165, 1.54) is 42.4 Å². The zero-order valence-electron chi connectivity index (χ0n) is 76.4. The number of hydrogen-bond acceptors (Lipinski definition) is 21. The fraction of sp³-hybridized carbons (Fsp3) is 0.500. The van der Waals surface area contributed by atoms with Crippen LogP contribution in [0.4, 0.5) is 4.79 Å². The minimum atomic E-state index is -1.46.